The topological polar surface area (TPSA) is 75.0 Å². The van der Waals surface area contributed by atoms with Crippen molar-refractivity contribution in [1.82, 2.24) is 4.98 Å². The van der Waals surface area contributed by atoms with Gasteiger partial charge in [-0.15, -0.1) is 11.3 Å². The number of ether oxygens (including phenoxy) is 1. The zero-order valence-electron chi connectivity index (χ0n) is 12.9. The predicted octanol–water partition coefficient (Wildman–Crippen LogP) is 4.50. The monoisotopic (exact) mass is 369 g/mol. The number of carbonyl (C=O) groups is 1. The zero-order valence-corrected chi connectivity index (χ0v) is 14.5. The second kappa shape index (κ2) is 7.79. The van der Waals surface area contributed by atoms with Crippen LogP contribution in [0.4, 0.5) is 5.69 Å². The smallest absolute Gasteiger partial charge is 0.255 e. The number of benzene rings is 2. The molecule has 0 saturated heterocycles. The van der Waals surface area contributed by atoms with Crippen LogP contribution in [0.5, 0.6) is 5.75 Å². The number of hydrogen-bond acceptors (Lipinski definition) is 5. The second-order valence-electron chi connectivity index (χ2n) is 5.06. The lowest BCUT2D eigenvalue weighted by Crippen LogP contribution is -2.12. The molecule has 3 aromatic rings. The molecule has 3 rings (SSSR count). The summed E-state index contributed by atoms with van der Waals surface area (Å²) >= 11 is 7.48. The van der Waals surface area contributed by atoms with E-state index in [0.29, 0.717) is 34.2 Å². The molecule has 0 aliphatic rings. The maximum absolute atomic E-state index is 12.4. The number of hydrogen-bond donors (Lipinski definition) is 1. The molecule has 0 atom stereocenters. The minimum atomic E-state index is -0.292. The molecule has 1 heterocycles. The molecule has 1 N–H and O–H groups in total. The van der Waals surface area contributed by atoms with E-state index in [0.717, 1.165) is 5.69 Å². The summed E-state index contributed by atoms with van der Waals surface area (Å²) < 4.78 is 5.65. The van der Waals surface area contributed by atoms with Gasteiger partial charge in [0.1, 0.15) is 18.4 Å². The van der Waals surface area contributed by atoms with Crippen molar-refractivity contribution in [3.05, 3.63) is 75.2 Å². The molecule has 7 heteroatoms. The van der Waals surface area contributed by atoms with Gasteiger partial charge >= 0.3 is 0 Å². The van der Waals surface area contributed by atoms with Crippen LogP contribution < -0.4 is 10.1 Å². The maximum atomic E-state index is 12.4. The quantitative estimate of drug-likeness (QED) is 0.718. The van der Waals surface area contributed by atoms with Crippen molar-refractivity contribution >= 4 is 34.5 Å². The first-order valence-corrected chi connectivity index (χ1v) is 8.59. The van der Waals surface area contributed by atoms with Gasteiger partial charge in [-0.25, -0.2) is 4.98 Å². The van der Waals surface area contributed by atoms with Crippen molar-refractivity contribution in [1.29, 1.82) is 5.26 Å². The first kappa shape index (κ1) is 17.0. The van der Waals surface area contributed by atoms with E-state index >= 15 is 0 Å². The summed E-state index contributed by atoms with van der Waals surface area (Å²) in [5.74, 6) is 0.290. The molecule has 1 amide bonds. The summed E-state index contributed by atoms with van der Waals surface area (Å²) in [5.41, 5.74) is 3.91. The van der Waals surface area contributed by atoms with Crippen molar-refractivity contribution < 1.29 is 9.53 Å². The third-order valence-electron chi connectivity index (χ3n) is 3.31. The minimum Gasteiger partial charge on any atom is -0.487 e. The van der Waals surface area contributed by atoms with E-state index in [1.807, 2.05) is 11.4 Å². The predicted molar refractivity (Wildman–Crippen MR) is 97.0 cm³/mol. The molecule has 0 unspecified atom stereocenters. The lowest BCUT2D eigenvalue weighted by atomic mass is 10.2. The number of halogens is 1. The second-order valence-corrected chi connectivity index (χ2v) is 6.18. The van der Waals surface area contributed by atoms with Gasteiger partial charge < -0.3 is 10.1 Å². The Kier molecular flexibility index (Phi) is 5.29. The van der Waals surface area contributed by atoms with Crippen LogP contribution in [0.2, 0.25) is 5.02 Å². The summed E-state index contributed by atoms with van der Waals surface area (Å²) in [6.07, 6.45) is 0. The lowest BCUT2D eigenvalue weighted by Gasteiger charge is -2.08. The molecule has 124 valence electrons. The Morgan fingerprint density at radius 1 is 1.32 bits per heavy atom. The van der Waals surface area contributed by atoms with E-state index in [9.17, 15) is 4.79 Å². The van der Waals surface area contributed by atoms with Crippen LogP contribution in [0.1, 0.15) is 21.6 Å². The van der Waals surface area contributed by atoms with Crippen LogP contribution in [0.15, 0.2) is 53.4 Å². The van der Waals surface area contributed by atoms with E-state index in [4.69, 9.17) is 21.6 Å². The third-order valence-corrected chi connectivity index (χ3v) is 4.26. The van der Waals surface area contributed by atoms with Gasteiger partial charge in [-0.1, -0.05) is 17.7 Å². The number of amides is 1. The fraction of sp³-hybridized carbons (Fsp3) is 0.0556. The van der Waals surface area contributed by atoms with Gasteiger partial charge in [0.15, 0.2) is 0 Å². The van der Waals surface area contributed by atoms with Gasteiger partial charge in [-0.2, -0.15) is 5.26 Å². The van der Waals surface area contributed by atoms with Crippen molar-refractivity contribution in [2.24, 2.45) is 0 Å². The molecule has 5 nitrogen and oxygen atoms in total. The van der Waals surface area contributed by atoms with Crippen LogP contribution in [0, 0.1) is 11.3 Å². The fourth-order valence-electron chi connectivity index (χ4n) is 2.08. The van der Waals surface area contributed by atoms with Gasteiger partial charge in [0, 0.05) is 16.6 Å². The van der Waals surface area contributed by atoms with Crippen LogP contribution in [0.3, 0.4) is 0 Å². The van der Waals surface area contributed by atoms with Gasteiger partial charge in [0.2, 0.25) is 0 Å². The molecule has 0 saturated carbocycles. The van der Waals surface area contributed by atoms with Crippen molar-refractivity contribution in [2.75, 3.05) is 5.32 Å². The lowest BCUT2D eigenvalue weighted by molar-refractivity contribution is 0.102. The number of nitrogens with one attached hydrogen (secondary N) is 1. The number of carbonyl (C=O) groups excluding carboxylic acids is 1. The van der Waals surface area contributed by atoms with E-state index in [1.165, 1.54) is 11.3 Å². The van der Waals surface area contributed by atoms with Crippen molar-refractivity contribution in [2.45, 2.75) is 6.61 Å². The molecule has 0 aliphatic carbocycles. The van der Waals surface area contributed by atoms with Gasteiger partial charge in [-0.05, 0) is 36.4 Å². The molecular weight excluding hydrogens is 358 g/mol. The van der Waals surface area contributed by atoms with E-state index < -0.39 is 0 Å². The summed E-state index contributed by atoms with van der Waals surface area (Å²) in [4.78, 5) is 16.5. The highest BCUT2D eigenvalue weighted by Crippen LogP contribution is 2.21. The molecule has 0 bridgehead atoms. The average Bonchev–Trinajstić information content (AvgIpc) is 3.14. The number of nitriles is 1. The Hall–Kier alpha value is -2.88. The summed E-state index contributed by atoms with van der Waals surface area (Å²) in [6.45, 7) is 0.347. The van der Waals surface area contributed by atoms with E-state index in [1.54, 1.807) is 48.0 Å². The Morgan fingerprint density at radius 3 is 2.92 bits per heavy atom. The molecule has 1 aromatic heterocycles. The summed E-state index contributed by atoms with van der Waals surface area (Å²) in [6, 6.07) is 13.6. The molecule has 0 spiro atoms. The third kappa shape index (κ3) is 4.35. The average molecular weight is 370 g/mol. The van der Waals surface area contributed by atoms with Gasteiger partial charge in [0.05, 0.1) is 21.8 Å². The SMILES string of the molecule is N#Cc1ccc(NC(=O)c2cccc(OCc3cscn3)c2)cc1Cl. The zero-order chi connectivity index (χ0) is 17.6. The van der Waals surface area contributed by atoms with Crippen LogP contribution in [-0.4, -0.2) is 10.9 Å². The fourth-order valence-corrected chi connectivity index (χ4v) is 2.85. The highest BCUT2D eigenvalue weighted by Gasteiger charge is 2.09. The first-order chi connectivity index (χ1) is 12.2. The number of nitrogens with zero attached hydrogens (tertiary/aromatic N) is 2. The van der Waals surface area contributed by atoms with Crippen molar-refractivity contribution in [3.63, 3.8) is 0 Å². The number of aromatic nitrogens is 1. The maximum Gasteiger partial charge on any atom is 0.255 e. The highest BCUT2D eigenvalue weighted by molar-refractivity contribution is 7.07. The molecule has 0 radical (unpaired) electrons. The first-order valence-electron chi connectivity index (χ1n) is 7.26. The van der Waals surface area contributed by atoms with Crippen molar-refractivity contribution in [3.8, 4) is 11.8 Å². The Morgan fingerprint density at radius 2 is 2.20 bits per heavy atom. The Bertz CT molecular complexity index is 936. The minimum absolute atomic E-state index is 0.292. The highest BCUT2D eigenvalue weighted by atomic mass is 35.5. The number of rotatable bonds is 5. The van der Waals surface area contributed by atoms with Crippen LogP contribution >= 0.6 is 22.9 Å². The van der Waals surface area contributed by atoms with E-state index in [-0.39, 0.29) is 5.91 Å². The standard InChI is InChI=1S/C18H12ClN3O2S/c19-17-7-14(5-4-13(17)8-20)22-18(23)12-2-1-3-16(6-12)24-9-15-10-25-11-21-15/h1-7,10-11H,9H2,(H,22,23). The summed E-state index contributed by atoms with van der Waals surface area (Å²) in [7, 11) is 0. The molecule has 0 fully saturated rings. The number of thiazole rings is 1. The largest absolute Gasteiger partial charge is 0.487 e. The van der Waals surface area contributed by atoms with E-state index in [2.05, 4.69) is 10.3 Å². The Balaban J connectivity index is 1.68. The molecule has 2 aromatic carbocycles. The molecule has 25 heavy (non-hydrogen) atoms. The van der Waals surface area contributed by atoms with Crippen LogP contribution in [0.25, 0.3) is 0 Å². The van der Waals surface area contributed by atoms with Gasteiger partial charge in [0.25, 0.3) is 5.91 Å². The molecular formula is C18H12ClN3O2S. The number of anilines is 1. The normalized spacial score (nSPS) is 10.1. The van der Waals surface area contributed by atoms with Gasteiger partial charge in [-0.3, -0.25) is 4.79 Å². The van der Waals surface area contributed by atoms with Crippen LogP contribution in [-0.2, 0) is 6.61 Å². The summed E-state index contributed by atoms with van der Waals surface area (Å²) in [5, 5.41) is 13.8. The Labute approximate surface area is 153 Å². The molecule has 0 aliphatic heterocycles.